The maximum Gasteiger partial charge on any atom is 0.340 e. The van der Waals surface area contributed by atoms with E-state index in [0.29, 0.717) is 5.69 Å². The van der Waals surface area contributed by atoms with E-state index >= 15 is 0 Å². The Labute approximate surface area is 187 Å². The van der Waals surface area contributed by atoms with Crippen LogP contribution in [0.15, 0.2) is 52.6 Å². The van der Waals surface area contributed by atoms with Crippen molar-refractivity contribution in [2.24, 2.45) is 4.40 Å². The zero-order chi connectivity index (χ0) is 22.7. The summed E-state index contributed by atoms with van der Waals surface area (Å²) in [5, 5.41) is 2.77. The summed E-state index contributed by atoms with van der Waals surface area (Å²) < 4.78 is 32.1. The molecule has 3 aliphatic rings. The molecule has 3 heterocycles. The maximum atomic E-state index is 12.5. The highest BCUT2D eigenvalue weighted by atomic mass is 32.2. The number of hydrogen-bond acceptors (Lipinski definition) is 7. The lowest BCUT2D eigenvalue weighted by atomic mass is 10.1. The van der Waals surface area contributed by atoms with Gasteiger partial charge in [-0.25, -0.2) is 13.2 Å². The summed E-state index contributed by atoms with van der Waals surface area (Å²) in [6.45, 7) is 3.79. The van der Waals surface area contributed by atoms with Crippen molar-refractivity contribution in [1.29, 1.82) is 0 Å². The summed E-state index contributed by atoms with van der Waals surface area (Å²) in [5.41, 5.74) is 1.98. The zero-order valence-corrected chi connectivity index (χ0v) is 18.7. The smallest absolute Gasteiger partial charge is 0.340 e. The molecule has 0 saturated carbocycles. The van der Waals surface area contributed by atoms with E-state index in [-0.39, 0.29) is 23.7 Å². The lowest BCUT2D eigenvalue weighted by Gasteiger charge is -2.28. The molecular formula is C22H26N4O5S. The molecule has 0 aliphatic carbocycles. The van der Waals surface area contributed by atoms with Gasteiger partial charge in [-0.1, -0.05) is 0 Å². The number of esters is 1. The van der Waals surface area contributed by atoms with E-state index in [9.17, 15) is 18.0 Å². The quantitative estimate of drug-likeness (QED) is 0.673. The van der Waals surface area contributed by atoms with Crippen LogP contribution in [0.1, 0.15) is 26.2 Å². The van der Waals surface area contributed by atoms with Crippen LogP contribution < -0.4 is 10.2 Å². The van der Waals surface area contributed by atoms with Crippen LogP contribution in [0.3, 0.4) is 0 Å². The lowest BCUT2D eigenvalue weighted by Crippen LogP contribution is -2.37. The first kappa shape index (κ1) is 22.1. The monoisotopic (exact) mass is 458 g/mol. The number of rotatable bonds is 5. The molecule has 1 N–H and O–H groups in total. The molecule has 0 radical (unpaired) electrons. The lowest BCUT2D eigenvalue weighted by molar-refractivity contribution is -0.149. The molecule has 1 atom stereocenters. The molecule has 0 bridgehead atoms. The Kier molecular flexibility index (Phi) is 6.31. The third kappa shape index (κ3) is 5.18. The van der Waals surface area contributed by atoms with Gasteiger partial charge in [-0.3, -0.25) is 4.79 Å². The third-order valence-corrected chi connectivity index (χ3v) is 6.73. The Hall–Kier alpha value is -3.14. The van der Waals surface area contributed by atoms with Crippen LogP contribution in [0.25, 0.3) is 0 Å². The summed E-state index contributed by atoms with van der Waals surface area (Å²) >= 11 is 0. The molecule has 1 aromatic rings. The van der Waals surface area contributed by atoms with E-state index in [0.717, 1.165) is 18.8 Å². The number of carbonyl (C=O) groups is 2. The SMILES string of the molecule is C[C@@H](OC(=O)C1=CN2CCS(=O)(=O)N=C2C=C1)C(=O)Nc1ccc(N2CCCCC2)cc1. The van der Waals surface area contributed by atoms with Crippen LogP contribution in [0.5, 0.6) is 0 Å². The van der Waals surface area contributed by atoms with Crippen LogP contribution in [0, 0.1) is 0 Å². The highest BCUT2D eigenvalue weighted by molar-refractivity contribution is 7.90. The molecule has 0 spiro atoms. The second-order valence-electron chi connectivity index (χ2n) is 7.98. The number of nitrogens with one attached hydrogen (secondary N) is 1. The van der Waals surface area contributed by atoms with E-state index in [1.54, 1.807) is 4.90 Å². The van der Waals surface area contributed by atoms with Crippen LogP contribution >= 0.6 is 0 Å². The van der Waals surface area contributed by atoms with Gasteiger partial charge in [0.25, 0.3) is 15.9 Å². The van der Waals surface area contributed by atoms with Gasteiger partial charge >= 0.3 is 5.97 Å². The Morgan fingerprint density at radius 2 is 1.78 bits per heavy atom. The molecule has 3 aliphatic heterocycles. The van der Waals surface area contributed by atoms with E-state index in [2.05, 4.69) is 14.6 Å². The van der Waals surface area contributed by atoms with Gasteiger partial charge in [0.15, 0.2) is 6.10 Å². The molecule has 1 aromatic carbocycles. The highest BCUT2D eigenvalue weighted by Gasteiger charge is 2.27. The summed E-state index contributed by atoms with van der Waals surface area (Å²) in [7, 11) is -3.47. The van der Waals surface area contributed by atoms with Crippen LogP contribution in [0.4, 0.5) is 11.4 Å². The Balaban J connectivity index is 1.32. The first-order valence-corrected chi connectivity index (χ1v) is 12.3. The third-order valence-electron chi connectivity index (χ3n) is 5.57. The molecule has 1 amide bonds. The largest absolute Gasteiger partial charge is 0.449 e. The molecule has 10 heteroatoms. The molecule has 32 heavy (non-hydrogen) atoms. The number of ether oxygens (including phenoxy) is 1. The first-order chi connectivity index (χ1) is 15.3. The van der Waals surface area contributed by atoms with Crippen molar-refractivity contribution in [3.63, 3.8) is 0 Å². The standard InChI is InChI=1S/C22H26N4O5S/c1-16(21(27)23-18-6-8-19(9-7-18)25-11-3-2-4-12-25)31-22(28)17-5-10-20-24-32(29,30)14-13-26(20)15-17/h5-10,15-16H,2-4,11-14H2,1H3,(H,23,27)/t16-/m1/s1. The summed E-state index contributed by atoms with van der Waals surface area (Å²) in [6.07, 6.45) is 7.01. The summed E-state index contributed by atoms with van der Waals surface area (Å²) in [4.78, 5) is 28.9. The Morgan fingerprint density at radius 1 is 1.06 bits per heavy atom. The first-order valence-electron chi connectivity index (χ1n) is 10.7. The van der Waals surface area contributed by atoms with Crippen molar-refractivity contribution in [3.8, 4) is 0 Å². The topological polar surface area (TPSA) is 108 Å². The van der Waals surface area contributed by atoms with Crippen molar-refractivity contribution < 1.29 is 22.7 Å². The summed E-state index contributed by atoms with van der Waals surface area (Å²) in [6, 6.07) is 7.64. The zero-order valence-electron chi connectivity index (χ0n) is 17.9. The van der Waals surface area contributed by atoms with Gasteiger partial charge in [-0.15, -0.1) is 4.40 Å². The van der Waals surface area contributed by atoms with Crippen molar-refractivity contribution in [3.05, 3.63) is 48.2 Å². The molecule has 0 unspecified atom stereocenters. The fraction of sp³-hybridized carbons (Fsp3) is 0.409. The Bertz CT molecular complexity index is 1090. The minimum Gasteiger partial charge on any atom is -0.449 e. The van der Waals surface area contributed by atoms with Gasteiger partial charge in [-0.2, -0.15) is 0 Å². The molecule has 0 aromatic heterocycles. The molecular weight excluding hydrogens is 432 g/mol. The second kappa shape index (κ2) is 9.15. The van der Waals surface area contributed by atoms with E-state index in [4.69, 9.17) is 4.74 Å². The minimum atomic E-state index is -3.47. The fourth-order valence-corrected chi connectivity index (χ4v) is 4.72. The highest BCUT2D eigenvalue weighted by Crippen LogP contribution is 2.22. The van der Waals surface area contributed by atoms with Crippen molar-refractivity contribution in [2.45, 2.75) is 32.3 Å². The van der Waals surface area contributed by atoms with E-state index in [1.165, 1.54) is 44.5 Å². The van der Waals surface area contributed by atoms with Crippen LogP contribution in [0.2, 0.25) is 0 Å². The predicted molar refractivity (Wildman–Crippen MR) is 122 cm³/mol. The molecule has 9 nitrogen and oxygen atoms in total. The number of amidine groups is 1. The average Bonchev–Trinajstić information content (AvgIpc) is 2.79. The number of carbonyl (C=O) groups excluding carboxylic acids is 2. The number of anilines is 2. The molecule has 4 rings (SSSR count). The van der Waals surface area contributed by atoms with Crippen LogP contribution in [-0.2, 0) is 24.3 Å². The average molecular weight is 459 g/mol. The van der Waals surface area contributed by atoms with E-state index < -0.39 is 28.0 Å². The fourth-order valence-electron chi connectivity index (χ4n) is 3.76. The number of hydrogen-bond donors (Lipinski definition) is 1. The van der Waals surface area contributed by atoms with Gasteiger partial charge in [0, 0.05) is 37.2 Å². The number of piperidine rings is 1. The van der Waals surface area contributed by atoms with Gasteiger partial charge in [0.2, 0.25) is 0 Å². The normalized spacial score (nSPS) is 20.5. The molecule has 1 saturated heterocycles. The summed E-state index contributed by atoms with van der Waals surface area (Å²) in [5.74, 6) is -0.974. The predicted octanol–water partition coefficient (Wildman–Crippen LogP) is 2.04. The van der Waals surface area contributed by atoms with E-state index in [1.807, 2.05) is 24.3 Å². The number of amides is 1. The Morgan fingerprint density at radius 3 is 2.50 bits per heavy atom. The number of sulfonamides is 1. The molecule has 1 fully saturated rings. The second-order valence-corrected chi connectivity index (χ2v) is 9.73. The maximum absolute atomic E-state index is 12.5. The van der Waals surface area contributed by atoms with Crippen molar-refractivity contribution in [1.82, 2.24) is 4.90 Å². The molecule has 170 valence electrons. The van der Waals surface area contributed by atoms with Crippen molar-refractivity contribution in [2.75, 3.05) is 35.6 Å². The number of fused-ring (bicyclic) bond motifs is 1. The van der Waals surface area contributed by atoms with Gasteiger partial charge < -0.3 is 19.9 Å². The van der Waals surface area contributed by atoms with Crippen molar-refractivity contribution >= 4 is 39.1 Å². The van der Waals surface area contributed by atoms with Gasteiger partial charge in [-0.05, 0) is 62.6 Å². The van der Waals surface area contributed by atoms with Gasteiger partial charge in [0.05, 0.1) is 11.3 Å². The number of benzene rings is 1. The minimum absolute atomic E-state index is 0.126. The van der Waals surface area contributed by atoms with Gasteiger partial charge in [0.1, 0.15) is 5.84 Å². The number of nitrogens with zero attached hydrogens (tertiary/aromatic N) is 3. The van der Waals surface area contributed by atoms with Crippen LogP contribution in [-0.4, -0.2) is 62.5 Å².